The molecule has 1 aromatic carbocycles. The molecule has 0 aliphatic carbocycles. The number of ether oxygens (including phenoxy) is 1. The first-order valence-corrected chi connectivity index (χ1v) is 11.7. The number of hydrogen-bond acceptors (Lipinski definition) is 6. The number of anilines is 1. The number of nitrogens with zero attached hydrogens (tertiary/aromatic N) is 5. The molecule has 1 spiro atoms. The van der Waals surface area contributed by atoms with Crippen molar-refractivity contribution in [2.24, 2.45) is 18.2 Å². The molecule has 3 aromatic heterocycles. The minimum atomic E-state index is -0.437. The van der Waals surface area contributed by atoms with Crippen LogP contribution in [-0.4, -0.2) is 56.7 Å². The average Bonchev–Trinajstić information content (AvgIpc) is 3.55. The predicted octanol–water partition coefficient (Wildman–Crippen LogP) is 2.38. The van der Waals surface area contributed by atoms with Gasteiger partial charge in [0.15, 0.2) is 5.82 Å². The molecule has 6 rings (SSSR count). The van der Waals surface area contributed by atoms with E-state index in [4.69, 9.17) is 15.5 Å². The number of benzene rings is 1. The summed E-state index contributed by atoms with van der Waals surface area (Å²) in [5.74, 6) is 0.166. The van der Waals surface area contributed by atoms with E-state index in [1.54, 1.807) is 28.6 Å². The molecule has 34 heavy (non-hydrogen) atoms. The van der Waals surface area contributed by atoms with E-state index in [-0.39, 0.29) is 17.0 Å². The van der Waals surface area contributed by atoms with Crippen LogP contribution < -0.4 is 16.2 Å². The molecule has 1 atom stereocenters. The van der Waals surface area contributed by atoms with E-state index in [9.17, 15) is 4.79 Å². The lowest BCUT2D eigenvalue weighted by Crippen LogP contribution is -2.50. The summed E-state index contributed by atoms with van der Waals surface area (Å²) in [5, 5.41) is 5.44. The molecule has 2 saturated heterocycles. The van der Waals surface area contributed by atoms with Gasteiger partial charge in [0.1, 0.15) is 11.2 Å². The Balaban J connectivity index is 1.39. The predicted molar refractivity (Wildman–Crippen MR) is 128 cm³/mol. The molecule has 9 nitrogen and oxygen atoms in total. The maximum absolute atomic E-state index is 15.4. The summed E-state index contributed by atoms with van der Waals surface area (Å²) >= 11 is 0. The van der Waals surface area contributed by atoms with Crippen LogP contribution >= 0.6 is 0 Å². The SMILES string of the molecule is CCn1cc2ccc(-c3c[nH]c4nc(N5CCC6(CC5)COC[C@H]6N)n(C)c(=O)c34)c(F)c2n1. The Kier molecular flexibility index (Phi) is 4.79. The largest absolute Gasteiger partial charge is 0.379 e. The van der Waals surface area contributed by atoms with Crippen molar-refractivity contribution in [1.82, 2.24) is 24.3 Å². The summed E-state index contributed by atoms with van der Waals surface area (Å²) in [6.07, 6.45) is 5.27. The first-order chi connectivity index (χ1) is 16.4. The summed E-state index contributed by atoms with van der Waals surface area (Å²) in [5.41, 5.74) is 7.69. The van der Waals surface area contributed by atoms with Crippen LogP contribution in [0.3, 0.4) is 0 Å². The van der Waals surface area contributed by atoms with E-state index in [0.717, 1.165) is 31.3 Å². The normalized spacial score (nSPS) is 20.2. The second kappa shape index (κ2) is 7.64. The molecule has 10 heteroatoms. The second-order valence-electron chi connectivity index (χ2n) is 9.52. The molecule has 178 valence electrons. The van der Waals surface area contributed by atoms with Gasteiger partial charge in [0.25, 0.3) is 5.56 Å². The van der Waals surface area contributed by atoms with Crippen LogP contribution in [0.2, 0.25) is 0 Å². The van der Waals surface area contributed by atoms with Crippen molar-refractivity contribution >= 4 is 27.9 Å². The summed E-state index contributed by atoms with van der Waals surface area (Å²) in [7, 11) is 1.72. The molecule has 0 unspecified atom stereocenters. The summed E-state index contributed by atoms with van der Waals surface area (Å²) in [6.45, 7) is 5.41. The molecule has 2 aliphatic heterocycles. The van der Waals surface area contributed by atoms with Gasteiger partial charge in [0, 0.05) is 67.0 Å². The van der Waals surface area contributed by atoms with Gasteiger partial charge in [0.05, 0.1) is 18.6 Å². The maximum atomic E-state index is 15.4. The molecule has 5 heterocycles. The van der Waals surface area contributed by atoms with Crippen LogP contribution in [0.25, 0.3) is 33.1 Å². The minimum absolute atomic E-state index is 0.0139. The van der Waals surface area contributed by atoms with Crippen LogP contribution in [0.5, 0.6) is 0 Å². The highest BCUT2D eigenvalue weighted by Gasteiger charge is 2.44. The van der Waals surface area contributed by atoms with E-state index in [1.807, 2.05) is 19.2 Å². The van der Waals surface area contributed by atoms with E-state index >= 15 is 4.39 Å². The second-order valence-corrected chi connectivity index (χ2v) is 9.52. The quantitative estimate of drug-likeness (QED) is 0.481. The zero-order valence-electron chi connectivity index (χ0n) is 19.3. The van der Waals surface area contributed by atoms with Crippen LogP contribution in [0.15, 0.2) is 29.3 Å². The Hall–Kier alpha value is -3.24. The number of hydrogen-bond donors (Lipinski definition) is 2. The number of nitrogens with one attached hydrogen (secondary N) is 1. The Morgan fingerprint density at radius 2 is 2.09 bits per heavy atom. The van der Waals surface area contributed by atoms with Crippen molar-refractivity contribution in [3.05, 3.63) is 40.7 Å². The lowest BCUT2D eigenvalue weighted by molar-refractivity contribution is 0.131. The van der Waals surface area contributed by atoms with Crippen molar-refractivity contribution in [1.29, 1.82) is 0 Å². The topological polar surface area (TPSA) is 107 Å². The molecule has 0 amide bonds. The van der Waals surface area contributed by atoms with Crippen LogP contribution in [0.4, 0.5) is 10.3 Å². The number of nitrogens with two attached hydrogens (primary N) is 1. The number of rotatable bonds is 3. The van der Waals surface area contributed by atoms with Crippen LogP contribution in [-0.2, 0) is 18.3 Å². The molecular formula is C24H28FN7O2. The first-order valence-electron chi connectivity index (χ1n) is 11.7. The fraction of sp³-hybridized carbons (Fsp3) is 0.458. The van der Waals surface area contributed by atoms with Crippen molar-refractivity contribution < 1.29 is 9.13 Å². The number of H-pyrrole nitrogens is 1. The number of fused-ring (bicyclic) bond motifs is 2. The van der Waals surface area contributed by atoms with Gasteiger partial charge in [-0.15, -0.1) is 0 Å². The van der Waals surface area contributed by atoms with Crippen molar-refractivity contribution in [3.63, 3.8) is 0 Å². The molecule has 2 fully saturated rings. The summed E-state index contributed by atoms with van der Waals surface area (Å²) in [6, 6.07) is 3.58. The van der Waals surface area contributed by atoms with E-state index in [1.165, 1.54) is 0 Å². The Morgan fingerprint density at radius 3 is 2.79 bits per heavy atom. The number of aromatic nitrogens is 5. The van der Waals surface area contributed by atoms with E-state index in [2.05, 4.69) is 15.0 Å². The third-order valence-corrected chi connectivity index (χ3v) is 7.68. The monoisotopic (exact) mass is 465 g/mol. The Labute approximate surface area is 195 Å². The van der Waals surface area contributed by atoms with Gasteiger partial charge < -0.3 is 20.4 Å². The smallest absolute Gasteiger partial charge is 0.264 e. The molecule has 0 bridgehead atoms. The van der Waals surface area contributed by atoms with Gasteiger partial charge in [-0.1, -0.05) is 12.1 Å². The average molecular weight is 466 g/mol. The third-order valence-electron chi connectivity index (χ3n) is 7.68. The van der Waals surface area contributed by atoms with Gasteiger partial charge in [0.2, 0.25) is 5.95 Å². The number of aryl methyl sites for hydroxylation is 1. The third kappa shape index (κ3) is 3.01. The summed E-state index contributed by atoms with van der Waals surface area (Å²) < 4.78 is 24.3. The number of aromatic amines is 1. The highest BCUT2D eigenvalue weighted by molar-refractivity contribution is 5.96. The standard InChI is InChI=1S/C24H28FN7O2/c1-3-32-11-14-4-5-15(19(25)20(14)29-32)16-10-27-21-18(16)22(33)30(2)23(28-21)31-8-6-24(7-9-31)13-34-12-17(24)26/h4-5,10-11,17,27H,3,6-9,12-13,26H2,1-2H3/t17-/m1/s1. The van der Waals surface area contributed by atoms with E-state index < -0.39 is 5.82 Å². The van der Waals surface area contributed by atoms with Gasteiger partial charge in [-0.2, -0.15) is 10.1 Å². The molecule has 0 saturated carbocycles. The van der Waals surface area contributed by atoms with E-state index in [0.29, 0.717) is 53.4 Å². The molecule has 3 N–H and O–H groups in total. The zero-order chi connectivity index (χ0) is 23.6. The zero-order valence-corrected chi connectivity index (χ0v) is 19.3. The summed E-state index contributed by atoms with van der Waals surface area (Å²) in [4.78, 5) is 23.5. The lowest BCUT2D eigenvalue weighted by atomic mass is 9.75. The van der Waals surface area contributed by atoms with Gasteiger partial charge >= 0.3 is 0 Å². The fourth-order valence-electron chi connectivity index (χ4n) is 5.46. The van der Waals surface area contributed by atoms with Crippen LogP contribution in [0.1, 0.15) is 19.8 Å². The highest BCUT2D eigenvalue weighted by Crippen LogP contribution is 2.39. The number of piperidine rings is 1. The van der Waals surface area contributed by atoms with Crippen LogP contribution in [0, 0.1) is 11.2 Å². The lowest BCUT2D eigenvalue weighted by Gasteiger charge is -2.41. The van der Waals surface area contributed by atoms with Gasteiger partial charge in [-0.25, -0.2) is 4.39 Å². The van der Waals surface area contributed by atoms with Gasteiger partial charge in [-0.05, 0) is 19.8 Å². The Morgan fingerprint density at radius 1 is 1.29 bits per heavy atom. The van der Waals surface area contributed by atoms with Crippen molar-refractivity contribution in [2.75, 3.05) is 31.2 Å². The highest BCUT2D eigenvalue weighted by atomic mass is 19.1. The number of halogens is 1. The molecule has 0 radical (unpaired) electrons. The molecule has 4 aromatic rings. The van der Waals surface area contributed by atoms with Crippen molar-refractivity contribution in [3.8, 4) is 11.1 Å². The molecule has 2 aliphatic rings. The Bertz CT molecular complexity index is 1460. The fourth-order valence-corrected chi connectivity index (χ4v) is 5.46. The van der Waals surface area contributed by atoms with Crippen molar-refractivity contribution in [2.45, 2.75) is 32.4 Å². The maximum Gasteiger partial charge on any atom is 0.264 e. The van der Waals surface area contributed by atoms with Gasteiger partial charge in [-0.3, -0.25) is 14.0 Å². The molecular weight excluding hydrogens is 437 g/mol. The minimum Gasteiger partial charge on any atom is -0.379 e. The first kappa shape index (κ1) is 21.3.